The summed E-state index contributed by atoms with van der Waals surface area (Å²) in [4.78, 5) is 16.6. The molecule has 0 atom stereocenters. The molecule has 2 N–H and O–H groups in total. The Bertz CT molecular complexity index is 892. The molecular weight excluding hydrogens is 326 g/mol. The highest BCUT2D eigenvalue weighted by Crippen LogP contribution is 2.23. The molecule has 3 aromatic rings. The van der Waals surface area contributed by atoms with Gasteiger partial charge in [-0.1, -0.05) is 36.4 Å². The van der Waals surface area contributed by atoms with E-state index in [-0.39, 0.29) is 5.91 Å². The highest BCUT2D eigenvalue weighted by molar-refractivity contribution is 6.03. The number of rotatable bonds is 6. The molecule has 0 bridgehead atoms. The van der Waals surface area contributed by atoms with Crippen LogP contribution in [0.5, 0.6) is 5.75 Å². The number of amides is 1. The lowest BCUT2D eigenvalue weighted by atomic mass is 10.1. The van der Waals surface area contributed by atoms with Gasteiger partial charge in [-0.05, 0) is 42.3 Å². The number of pyridine rings is 1. The summed E-state index contributed by atoms with van der Waals surface area (Å²) < 4.78 is 5.24. The molecule has 0 spiro atoms. The third kappa shape index (κ3) is 4.19. The summed E-state index contributed by atoms with van der Waals surface area (Å²) in [6.45, 7) is 2.79. The van der Waals surface area contributed by atoms with Crippen molar-refractivity contribution in [2.45, 2.75) is 13.5 Å². The molecule has 3 rings (SSSR count). The Morgan fingerprint density at radius 3 is 2.54 bits per heavy atom. The predicted octanol–water partition coefficient (Wildman–Crippen LogP) is 4.26. The van der Waals surface area contributed by atoms with Crippen LogP contribution in [0.4, 0.5) is 11.4 Å². The van der Waals surface area contributed by atoms with Gasteiger partial charge in [0.25, 0.3) is 5.91 Å². The number of methoxy groups -OCH3 is 1. The molecule has 1 heterocycles. The standard InChI is InChI=1S/C21H21N3O2/c1-15-7-3-4-8-16(15)13-22-17-11-12-19(23-14-17)21(25)24-18-9-5-6-10-20(18)26-2/h3-12,14,22H,13H2,1-2H3,(H,24,25). The number of hydrogen-bond donors (Lipinski definition) is 2. The van der Waals surface area contributed by atoms with Gasteiger partial charge in [-0.2, -0.15) is 0 Å². The molecule has 1 aromatic heterocycles. The molecule has 0 radical (unpaired) electrons. The summed E-state index contributed by atoms with van der Waals surface area (Å²) in [5.41, 5.74) is 4.29. The molecule has 0 saturated heterocycles. The second kappa shape index (κ2) is 8.16. The van der Waals surface area contributed by atoms with Crippen molar-refractivity contribution >= 4 is 17.3 Å². The van der Waals surface area contributed by atoms with E-state index in [1.165, 1.54) is 11.1 Å². The van der Waals surface area contributed by atoms with Crippen LogP contribution in [0.1, 0.15) is 21.6 Å². The quantitative estimate of drug-likeness (QED) is 0.699. The highest BCUT2D eigenvalue weighted by atomic mass is 16.5. The minimum absolute atomic E-state index is 0.278. The van der Waals surface area contributed by atoms with Gasteiger partial charge >= 0.3 is 0 Å². The molecule has 0 saturated carbocycles. The molecule has 0 aliphatic carbocycles. The normalized spacial score (nSPS) is 10.2. The lowest BCUT2D eigenvalue weighted by molar-refractivity contribution is 0.102. The van der Waals surface area contributed by atoms with Crippen molar-refractivity contribution in [3.05, 3.63) is 83.7 Å². The first-order chi connectivity index (χ1) is 12.7. The second-order valence-electron chi connectivity index (χ2n) is 5.87. The Labute approximate surface area is 153 Å². The molecule has 5 nitrogen and oxygen atoms in total. The average molecular weight is 347 g/mol. The average Bonchev–Trinajstić information content (AvgIpc) is 2.68. The van der Waals surface area contributed by atoms with Gasteiger partial charge in [0.05, 0.1) is 24.7 Å². The third-order valence-electron chi connectivity index (χ3n) is 4.10. The van der Waals surface area contributed by atoms with Crippen molar-refractivity contribution in [3.63, 3.8) is 0 Å². The summed E-state index contributed by atoms with van der Waals surface area (Å²) in [6.07, 6.45) is 1.66. The van der Waals surface area contributed by atoms with E-state index < -0.39 is 0 Å². The summed E-state index contributed by atoms with van der Waals surface area (Å²) >= 11 is 0. The maximum atomic E-state index is 12.4. The summed E-state index contributed by atoms with van der Waals surface area (Å²) in [6, 6.07) is 19.0. The van der Waals surface area contributed by atoms with Crippen LogP contribution in [0.15, 0.2) is 66.9 Å². The van der Waals surface area contributed by atoms with Crippen molar-refractivity contribution in [2.75, 3.05) is 17.7 Å². The Morgan fingerprint density at radius 1 is 1.04 bits per heavy atom. The Hall–Kier alpha value is -3.34. The predicted molar refractivity (Wildman–Crippen MR) is 104 cm³/mol. The van der Waals surface area contributed by atoms with Crippen molar-refractivity contribution in [1.82, 2.24) is 4.98 Å². The third-order valence-corrected chi connectivity index (χ3v) is 4.10. The second-order valence-corrected chi connectivity index (χ2v) is 5.87. The zero-order chi connectivity index (χ0) is 18.4. The maximum Gasteiger partial charge on any atom is 0.274 e. The van der Waals surface area contributed by atoms with Gasteiger partial charge in [0, 0.05) is 6.54 Å². The van der Waals surface area contributed by atoms with E-state index in [0.717, 1.165) is 5.69 Å². The van der Waals surface area contributed by atoms with E-state index >= 15 is 0 Å². The first-order valence-electron chi connectivity index (χ1n) is 8.36. The first-order valence-corrected chi connectivity index (χ1v) is 8.36. The Morgan fingerprint density at radius 2 is 1.81 bits per heavy atom. The zero-order valence-electron chi connectivity index (χ0n) is 14.8. The number of aromatic nitrogens is 1. The number of carbonyl (C=O) groups is 1. The van der Waals surface area contributed by atoms with Gasteiger partial charge in [-0.3, -0.25) is 4.79 Å². The fourth-order valence-electron chi connectivity index (χ4n) is 2.57. The number of benzene rings is 2. The van der Waals surface area contributed by atoms with E-state index in [1.54, 1.807) is 31.5 Å². The number of aryl methyl sites for hydroxylation is 1. The SMILES string of the molecule is COc1ccccc1NC(=O)c1ccc(NCc2ccccc2C)cn1. The van der Waals surface area contributed by atoms with Gasteiger partial charge < -0.3 is 15.4 Å². The van der Waals surface area contributed by atoms with Crippen molar-refractivity contribution in [1.29, 1.82) is 0 Å². The molecule has 132 valence electrons. The Balaban J connectivity index is 1.63. The fraction of sp³-hybridized carbons (Fsp3) is 0.143. The molecule has 2 aromatic carbocycles. The minimum Gasteiger partial charge on any atom is -0.495 e. The molecular formula is C21H21N3O2. The largest absolute Gasteiger partial charge is 0.495 e. The number of para-hydroxylation sites is 2. The lowest BCUT2D eigenvalue weighted by Crippen LogP contribution is -2.14. The van der Waals surface area contributed by atoms with E-state index in [9.17, 15) is 4.79 Å². The van der Waals surface area contributed by atoms with E-state index in [2.05, 4.69) is 34.7 Å². The number of nitrogens with one attached hydrogen (secondary N) is 2. The van der Waals surface area contributed by atoms with E-state index in [1.807, 2.05) is 30.3 Å². The van der Waals surface area contributed by atoms with Crippen molar-refractivity contribution in [2.24, 2.45) is 0 Å². The molecule has 26 heavy (non-hydrogen) atoms. The van der Waals surface area contributed by atoms with Gasteiger partial charge in [0.15, 0.2) is 0 Å². The number of nitrogens with zero attached hydrogens (tertiary/aromatic N) is 1. The molecule has 0 aliphatic heterocycles. The van der Waals surface area contributed by atoms with Gasteiger partial charge in [-0.15, -0.1) is 0 Å². The van der Waals surface area contributed by atoms with Crippen LogP contribution in [-0.4, -0.2) is 18.0 Å². The summed E-state index contributed by atoms with van der Waals surface area (Å²) in [5.74, 6) is 0.331. The van der Waals surface area contributed by atoms with E-state index in [4.69, 9.17) is 4.74 Å². The summed E-state index contributed by atoms with van der Waals surface area (Å²) in [5, 5.41) is 6.14. The van der Waals surface area contributed by atoms with Crippen LogP contribution < -0.4 is 15.4 Å². The number of anilines is 2. The van der Waals surface area contributed by atoms with Crippen LogP contribution >= 0.6 is 0 Å². The van der Waals surface area contributed by atoms with Gasteiger partial charge in [0.2, 0.25) is 0 Å². The van der Waals surface area contributed by atoms with Gasteiger partial charge in [0.1, 0.15) is 11.4 Å². The monoisotopic (exact) mass is 347 g/mol. The van der Waals surface area contributed by atoms with Crippen LogP contribution in [-0.2, 0) is 6.54 Å². The van der Waals surface area contributed by atoms with Crippen LogP contribution in [0.25, 0.3) is 0 Å². The number of carbonyl (C=O) groups excluding carboxylic acids is 1. The highest BCUT2D eigenvalue weighted by Gasteiger charge is 2.10. The van der Waals surface area contributed by atoms with Gasteiger partial charge in [-0.25, -0.2) is 4.98 Å². The van der Waals surface area contributed by atoms with Crippen LogP contribution in [0.2, 0.25) is 0 Å². The fourth-order valence-corrected chi connectivity index (χ4v) is 2.57. The van der Waals surface area contributed by atoms with Crippen molar-refractivity contribution in [3.8, 4) is 5.75 Å². The number of hydrogen-bond acceptors (Lipinski definition) is 4. The summed E-state index contributed by atoms with van der Waals surface area (Å²) in [7, 11) is 1.57. The lowest BCUT2D eigenvalue weighted by Gasteiger charge is -2.11. The molecule has 1 amide bonds. The topological polar surface area (TPSA) is 63.2 Å². The molecule has 0 aliphatic rings. The molecule has 5 heteroatoms. The van der Waals surface area contributed by atoms with Crippen LogP contribution in [0, 0.1) is 6.92 Å². The maximum absolute atomic E-state index is 12.4. The van der Waals surface area contributed by atoms with Crippen LogP contribution in [0.3, 0.4) is 0 Å². The Kier molecular flexibility index (Phi) is 5.49. The van der Waals surface area contributed by atoms with E-state index in [0.29, 0.717) is 23.7 Å². The minimum atomic E-state index is -0.278. The molecule has 0 unspecified atom stereocenters. The molecule has 0 fully saturated rings. The smallest absolute Gasteiger partial charge is 0.274 e. The first kappa shape index (κ1) is 17.5. The number of ether oxygens (including phenoxy) is 1. The zero-order valence-corrected chi connectivity index (χ0v) is 14.8. The van der Waals surface area contributed by atoms with Crippen molar-refractivity contribution < 1.29 is 9.53 Å².